The van der Waals surface area contributed by atoms with E-state index in [-0.39, 0.29) is 25.4 Å². The SMILES string of the molecule is C=CCC(=O)NC(C=O)CCO.CCCCCCCC. The molecule has 2 N–H and O–H groups in total. The van der Waals surface area contributed by atoms with Gasteiger partial charge in [-0.2, -0.15) is 0 Å². The van der Waals surface area contributed by atoms with Crippen LogP contribution in [0.3, 0.4) is 0 Å². The van der Waals surface area contributed by atoms with Crippen LogP contribution in [0.25, 0.3) is 0 Å². The minimum absolute atomic E-state index is 0.113. The van der Waals surface area contributed by atoms with E-state index in [0.717, 1.165) is 0 Å². The summed E-state index contributed by atoms with van der Waals surface area (Å²) in [6.45, 7) is 7.78. The molecule has 4 nitrogen and oxygen atoms in total. The quantitative estimate of drug-likeness (QED) is 0.348. The van der Waals surface area contributed by atoms with Crippen molar-refractivity contribution >= 4 is 12.2 Å². The van der Waals surface area contributed by atoms with Gasteiger partial charge in [0, 0.05) is 13.0 Å². The van der Waals surface area contributed by atoms with E-state index in [4.69, 9.17) is 5.11 Å². The summed E-state index contributed by atoms with van der Waals surface area (Å²) >= 11 is 0. The lowest BCUT2D eigenvalue weighted by Crippen LogP contribution is -2.36. The fourth-order valence-corrected chi connectivity index (χ4v) is 1.56. The Bertz CT molecular complexity index is 236. The van der Waals surface area contributed by atoms with Gasteiger partial charge in [0.15, 0.2) is 0 Å². The summed E-state index contributed by atoms with van der Waals surface area (Å²) in [5.74, 6) is -0.254. The maximum atomic E-state index is 10.9. The lowest BCUT2D eigenvalue weighted by molar-refractivity contribution is -0.123. The average molecular weight is 285 g/mol. The molecular formula is C16H31NO3. The molecule has 0 fully saturated rings. The van der Waals surface area contributed by atoms with Crippen LogP contribution >= 0.6 is 0 Å². The first kappa shape index (κ1) is 21.1. The van der Waals surface area contributed by atoms with E-state index in [1.54, 1.807) is 0 Å². The van der Waals surface area contributed by atoms with Crippen molar-refractivity contribution in [3.05, 3.63) is 12.7 Å². The molecule has 0 spiro atoms. The number of aldehydes is 1. The molecule has 0 aliphatic heterocycles. The number of rotatable bonds is 11. The van der Waals surface area contributed by atoms with Gasteiger partial charge in [-0.25, -0.2) is 0 Å². The Hall–Kier alpha value is -1.16. The molecule has 1 amide bonds. The van der Waals surface area contributed by atoms with Crippen molar-refractivity contribution in [2.24, 2.45) is 0 Å². The first-order chi connectivity index (χ1) is 9.65. The maximum absolute atomic E-state index is 10.9. The van der Waals surface area contributed by atoms with Crippen molar-refractivity contribution in [2.75, 3.05) is 6.61 Å². The predicted molar refractivity (Wildman–Crippen MR) is 83.6 cm³/mol. The second-order valence-electron chi connectivity index (χ2n) is 4.73. The summed E-state index contributed by atoms with van der Waals surface area (Å²) in [6, 6.07) is -0.581. The zero-order valence-corrected chi connectivity index (χ0v) is 13.1. The van der Waals surface area contributed by atoms with Crippen LogP contribution in [0, 0.1) is 0 Å². The van der Waals surface area contributed by atoms with Crippen LogP contribution < -0.4 is 5.32 Å². The van der Waals surface area contributed by atoms with Crippen LogP contribution in [-0.4, -0.2) is 29.9 Å². The maximum Gasteiger partial charge on any atom is 0.224 e. The Morgan fingerprint density at radius 3 is 2.10 bits per heavy atom. The molecule has 0 aromatic rings. The molecule has 0 rings (SSSR count). The normalized spacial score (nSPS) is 10.9. The van der Waals surface area contributed by atoms with Crippen molar-refractivity contribution in [2.45, 2.75) is 71.3 Å². The molecule has 0 saturated carbocycles. The summed E-state index contributed by atoms with van der Waals surface area (Å²) in [6.07, 6.45) is 11.0. The zero-order valence-electron chi connectivity index (χ0n) is 13.1. The van der Waals surface area contributed by atoms with Crippen molar-refractivity contribution in [3.8, 4) is 0 Å². The number of hydrogen-bond acceptors (Lipinski definition) is 3. The molecule has 0 bridgehead atoms. The molecule has 1 unspecified atom stereocenters. The van der Waals surface area contributed by atoms with Gasteiger partial charge >= 0.3 is 0 Å². The number of aliphatic hydroxyl groups excluding tert-OH is 1. The number of nitrogens with one attached hydrogen (secondary N) is 1. The third-order valence-electron chi connectivity index (χ3n) is 2.74. The van der Waals surface area contributed by atoms with Crippen LogP contribution in [0.1, 0.15) is 65.2 Å². The number of aliphatic hydroxyl groups is 1. The van der Waals surface area contributed by atoms with Crippen LogP contribution in [0.4, 0.5) is 0 Å². The van der Waals surface area contributed by atoms with Gasteiger partial charge < -0.3 is 15.2 Å². The highest BCUT2D eigenvalue weighted by Gasteiger charge is 2.08. The topological polar surface area (TPSA) is 66.4 Å². The van der Waals surface area contributed by atoms with Gasteiger partial charge in [0.2, 0.25) is 5.91 Å². The molecular weight excluding hydrogens is 254 g/mol. The fourth-order valence-electron chi connectivity index (χ4n) is 1.56. The summed E-state index contributed by atoms with van der Waals surface area (Å²) in [7, 11) is 0. The van der Waals surface area contributed by atoms with E-state index in [2.05, 4.69) is 25.7 Å². The van der Waals surface area contributed by atoms with E-state index in [1.165, 1.54) is 44.6 Å². The Labute approximate surface area is 123 Å². The third-order valence-corrected chi connectivity index (χ3v) is 2.74. The van der Waals surface area contributed by atoms with Crippen LogP contribution in [0.15, 0.2) is 12.7 Å². The first-order valence-corrected chi connectivity index (χ1v) is 7.62. The molecule has 0 saturated heterocycles. The molecule has 20 heavy (non-hydrogen) atoms. The minimum Gasteiger partial charge on any atom is -0.396 e. The Morgan fingerprint density at radius 1 is 1.20 bits per heavy atom. The number of unbranched alkanes of at least 4 members (excludes halogenated alkanes) is 5. The van der Waals surface area contributed by atoms with E-state index in [1.807, 2.05) is 0 Å². The van der Waals surface area contributed by atoms with E-state index < -0.39 is 6.04 Å². The van der Waals surface area contributed by atoms with Gasteiger partial charge in [-0.05, 0) is 6.42 Å². The first-order valence-electron chi connectivity index (χ1n) is 7.62. The second kappa shape index (κ2) is 17.8. The highest BCUT2D eigenvalue weighted by Crippen LogP contribution is 2.03. The van der Waals surface area contributed by atoms with Gasteiger partial charge in [0.1, 0.15) is 6.29 Å². The van der Waals surface area contributed by atoms with Gasteiger partial charge in [-0.15, -0.1) is 6.58 Å². The Kier molecular flexibility index (Phi) is 18.9. The number of amides is 1. The summed E-state index contributed by atoms with van der Waals surface area (Å²) in [5, 5.41) is 10.9. The Morgan fingerprint density at radius 2 is 1.75 bits per heavy atom. The van der Waals surface area contributed by atoms with Gasteiger partial charge in [-0.3, -0.25) is 4.79 Å². The molecule has 0 aromatic carbocycles. The monoisotopic (exact) mass is 285 g/mol. The van der Waals surface area contributed by atoms with Crippen molar-refractivity contribution in [3.63, 3.8) is 0 Å². The summed E-state index contributed by atoms with van der Waals surface area (Å²) < 4.78 is 0. The minimum atomic E-state index is -0.581. The summed E-state index contributed by atoms with van der Waals surface area (Å²) in [5.41, 5.74) is 0. The number of hydrogen-bond donors (Lipinski definition) is 2. The predicted octanol–water partition coefficient (Wildman–Crippen LogP) is 3.00. The van der Waals surface area contributed by atoms with Gasteiger partial charge in [0.05, 0.1) is 6.04 Å². The fraction of sp³-hybridized carbons (Fsp3) is 0.750. The smallest absolute Gasteiger partial charge is 0.224 e. The lowest BCUT2D eigenvalue weighted by Gasteiger charge is -2.09. The van der Waals surface area contributed by atoms with E-state index in [9.17, 15) is 9.59 Å². The molecule has 0 aliphatic rings. The largest absolute Gasteiger partial charge is 0.396 e. The molecule has 4 heteroatoms. The van der Waals surface area contributed by atoms with Gasteiger partial charge in [-0.1, -0.05) is 58.4 Å². The van der Waals surface area contributed by atoms with Gasteiger partial charge in [0.25, 0.3) is 0 Å². The highest BCUT2D eigenvalue weighted by atomic mass is 16.3. The molecule has 0 aromatic heterocycles. The van der Waals surface area contributed by atoms with Crippen LogP contribution in [-0.2, 0) is 9.59 Å². The third kappa shape index (κ3) is 16.8. The van der Waals surface area contributed by atoms with Crippen LogP contribution in [0.5, 0.6) is 0 Å². The number of carbonyl (C=O) groups excluding carboxylic acids is 2. The van der Waals surface area contributed by atoms with Crippen molar-refractivity contribution in [1.82, 2.24) is 5.32 Å². The highest BCUT2D eigenvalue weighted by molar-refractivity contribution is 5.80. The number of carbonyl (C=O) groups is 2. The average Bonchev–Trinajstić information content (AvgIpc) is 2.44. The van der Waals surface area contributed by atoms with E-state index >= 15 is 0 Å². The molecule has 0 aliphatic carbocycles. The van der Waals surface area contributed by atoms with Crippen molar-refractivity contribution in [1.29, 1.82) is 0 Å². The van der Waals surface area contributed by atoms with Crippen molar-refractivity contribution < 1.29 is 14.7 Å². The molecule has 0 heterocycles. The summed E-state index contributed by atoms with van der Waals surface area (Å²) in [4.78, 5) is 21.1. The standard InChI is InChI=1S/C8H13NO3.C8H18/c1-2-3-8(12)9-7(6-11)4-5-10;1-3-5-7-8-6-4-2/h2,6-7,10H,1,3-5H2,(H,9,12);3-8H2,1-2H3. The van der Waals surface area contributed by atoms with Crippen LogP contribution in [0.2, 0.25) is 0 Å². The molecule has 0 radical (unpaired) electrons. The lowest BCUT2D eigenvalue weighted by atomic mass is 10.1. The second-order valence-corrected chi connectivity index (χ2v) is 4.73. The Balaban J connectivity index is 0. The van der Waals surface area contributed by atoms with E-state index in [0.29, 0.717) is 6.29 Å². The molecule has 1 atom stereocenters. The zero-order chi connectivity index (χ0) is 15.6. The molecule has 118 valence electrons.